The van der Waals surface area contributed by atoms with Crippen molar-refractivity contribution >= 4 is 35.0 Å². The van der Waals surface area contributed by atoms with Gasteiger partial charge in [-0.05, 0) is 24.1 Å². The summed E-state index contributed by atoms with van der Waals surface area (Å²) in [6, 6.07) is 4.83. The minimum Gasteiger partial charge on any atom is -0.324 e. The Labute approximate surface area is 156 Å². The number of carbonyl (C=O) groups excluding carboxylic acids is 3. The van der Waals surface area contributed by atoms with Crippen LogP contribution in [0.1, 0.15) is 19.4 Å². The lowest BCUT2D eigenvalue weighted by Crippen LogP contribution is -2.54. The van der Waals surface area contributed by atoms with E-state index in [1.807, 2.05) is 13.8 Å². The zero-order valence-corrected chi connectivity index (χ0v) is 15.3. The summed E-state index contributed by atoms with van der Waals surface area (Å²) in [7, 11) is 0. The van der Waals surface area contributed by atoms with Crippen LogP contribution in [0.15, 0.2) is 30.9 Å². The monoisotopic (exact) mass is 373 g/mol. The minimum atomic E-state index is -1.28. The van der Waals surface area contributed by atoms with Crippen LogP contribution >= 0.6 is 11.6 Å². The molecule has 0 aliphatic carbocycles. The van der Waals surface area contributed by atoms with Gasteiger partial charge in [0.05, 0.1) is 11.8 Å². The highest BCUT2D eigenvalue weighted by Gasteiger charge is 2.70. The summed E-state index contributed by atoms with van der Waals surface area (Å²) in [5.74, 6) is -2.20. The summed E-state index contributed by atoms with van der Waals surface area (Å²) in [6.45, 7) is 7.74. The summed E-state index contributed by atoms with van der Waals surface area (Å²) in [6.07, 6.45) is 1.53. The van der Waals surface area contributed by atoms with Gasteiger partial charge in [-0.3, -0.25) is 24.6 Å². The molecule has 0 saturated carbocycles. The van der Waals surface area contributed by atoms with Gasteiger partial charge < -0.3 is 5.32 Å². The Balaban J connectivity index is 1.92. The van der Waals surface area contributed by atoms with E-state index in [0.717, 1.165) is 0 Å². The van der Waals surface area contributed by atoms with Crippen LogP contribution in [0.25, 0.3) is 0 Å². The smallest absolute Gasteiger partial charge is 0.250 e. The van der Waals surface area contributed by atoms with Crippen LogP contribution in [0.2, 0.25) is 5.02 Å². The van der Waals surface area contributed by atoms with E-state index in [1.165, 1.54) is 11.0 Å². The highest BCUT2D eigenvalue weighted by molar-refractivity contribution is 6.31. The van der Waals surface area contributed by atoms with E-state index < -0.39 is 17.4 Å². The molecule has 3 aliphatic rings. The molecule has 3 amide bonds. The predicted molar refractivity (Wildman–Crippen MR) is 97.4 cm³/mol. The van der Waals surface area contributed by atoms with Crippen molar-refractivity contribution < 1.29 is 14.4 Å². The van der Waals surface area contributed by atoms with Gasteiger partial charge in [-0.15, -0.1) is 6.58 Å². The van der Waals surface area contributed by atoms with Gasteiger partial charge in [0.1, 0.15) is 5.54 Å². The van der Waals surface area contributed by atoms with Gasteiger partial charge >= 0.3 is 0 Å². The molecule has 2 N–H and O–H groups in total. The molecular formula is C19H20ClN3O3. The van der Waals surface area contributed by atoms with Crippen molar-refractivity contribution in [3.05, 3.63) is 41.4 Å². The van der Waals surface area contributed by atoms with Gasteiger partial charge in [0.2, 0.25) is 17.7 Å². The van der Waals surface area contributed by atoms with Gasteiger partial charge in [-0.1, -0.05) is 31.5 Å². The third-order valence-corrected chi connectivity index (χ3v) is 5.97. The summed E-state index contributed by atoms with van der Waals surface area (Å²) in [4.78, 5) is 40.4. The molecule has 2 saturated heterocycles. The molecule has 0 bridgehead atoms. The van der Waals surface area contributed by atoms with Crippen LogP contribution in [0.5, 0.6) is 0 Å². The zero-order chi connectivity index (χ0) is 18.8. The lowest BCUT2D eigenvalue weighted by molar-refractivity contribution is -0.142. The first-order valence-corrected chi connectivity index (χ1v) is 9.06. The maximum absolute atomic E-state index is 13.2. The molecule has 26 heavy (non-hydrogen) atoms. The van der Waals surface area contributed by atoms with Crippen molar-refractivity contribution in [1.82, 2.24) is 10.2 Å². The van der Waals surface area contributed by atoms with Crippen molar-refractivity contribution in [1.29, 1.82) is 0 Å². The molecule has 136 valence electrons. The Bertz CT molecular complexity index is 852. The fraction of sp³-hybridized carbons (Fsp3) is 0.421. The number of carbonyl (C=O) groups is 3. The van der Waals surface area contributed by atoms with Crippen molar-refractivity contribution in [2.45, 2.75) is 25.4 Å². The molecule has 7 heteroatoms. The molecule has 1 aromatic rings. The predicted octanol–water partition coefficient (Wildman–Crippen LogP) is 1.90. The van der Waals surface area contributed by atoms with Gasteiger partial charge in [0.25, 0.3) is 0 Å². The average Bonchev–Trinajstić information content (AvgIpc) is 3.17. The Morgan fingerprint density at radius 2 is 2.04 bits per heavy atom. The van der Waals surface area contributed by atoms with Crippen LogP contribution in [0, 0.1) is 17.8 Å². The van der Waals surface area contributed by atoms with E-state index >= 15 is 0 Å². The average molecular weight is 374 g/mol. The highest BCUT2D eigenvalue weighted by atomic mass is 35.5. The number of halogens is 1. The SMILES string of the molecule is C=CCN1C(=O)C2C(C(C)C)NC3(C(=O)Nc4ccc(Cl)cc43)C2C1=O. The summed E-state index contributed by atoms with van der Waals surface area (Å²) >= 11 is 6.18. The molecule has 4 unspecified atom stereocenters. The molecule has 2 fully saturated rings. The number of benzene rings is 1. The minimum absolute atomic E-state index is 0.0679. The number of fused-ring (bicyclic) bond motifs is 4. The fourth-order valence-electron chi connectivity index (χ4n) is 4.65. The Hall–Kier alpha value is -2.18. The van der Waals surface area contributed by atoms with Crippen molar-refractivity contribution in [3.63, 3.8) is 0 Å². The van der Waals surface area contributed by atoms with Crippen LogP contribution in [-0.4, -0.2) is 35.2 Å². The van der Waals surface area contributed by atoms with Crippen LogP contribution < -0.4 is 10.6 Å². The molecule has 1 spiro atoms. The van der Waals surface area contributed by atoms with E-state index in [4.69, 9.17) is 11.6 Å². The van der Waals surface area contributed by atoms with Gasteiger partial charge in [-0.25, -0.2) is 0 Å². The number of amides is 3. The van der Waals surface area contributed by atoms with E-state index in [2.05, 4.69) is 17.2 Å². The van der Waals surface area contributed by atoms with Crippen LogP contribution in [0.4, 0.5) is 5.69 Å². The topological polar surface area (TPSA) is 78.5 Å². The molecule has 3 aliphatic heterocycles. The Morgan fingerprint density at radius 3 is 2.69 bits per heavy atom. The third-order valence-electron chi connectivity index (χ3n) is 5.73. The Kier molecular flexibility index (Phi) is 3.75. The molecule has 4 rings (SSSR count). The molecule has 0 aromatic heterocycles. The van der Waals surface area contributed by atoms with Gasteiger partial charge in [-0.2, -0.15) is 0 Å². The first kappa shape index (κ1) is 17.2. The zero-order valence-electron chi connectivity index (χ0n) is 14.6. The van der Waals surface area contributed by atoms with E-state index in [0.29, 0.717) is 16.3 Å². The lowest BCUT2D eigenvalue weighted by atomic mass is 9.76. The third kappa shape index (κ3) is 2.00. The Morgan fingerprint density at radius 1 is 1.31 bits per heavy atom. The van der Waals surface area contributed by atoms with Crippen molar-refractivity contribution in [3.8, 4) is 0 Å². The standard InChI is InChI=1S/C19H20ClN3O3/c1-4-7-23-16(24)13-14(17(23)25)19(22-15(13)9(2)3)11-8-10(20)5-6-12(11)21-18(19)26/h4-6,8-9,13-15,22H,1,7H2,2-3H3,(H,21,26). The molecular weight excluding hydrogens is 354 g/mol. The molecule has 3 heterocycles. The first-order chi connectivity index (χ1) is 12.3. The van der Waals surface area contributed by atoms with E-state index in [1.54, 1.807) is 18.2 Å². The first-order valence-electron chi connectivity index (χ1n) is 8.68. The number of likely N-dealkylation sites (tertiary alicyclic amines) is 1. The van der Waals surface area contributed by atoms with E-state index in [-0.39, 0.29) is 36.2 Å². The summed E-state index contributed by atoms with van der Waals surface area (Å²) in [5.41, 5.74) is -0.0186. The van der Waals surface area contributed by atoms with Gasteiger partial charge in [0.15, 0.2) is 0 Å². The van der Waals surface area contributed by atoms with Crippen LogP contribution in [0.3, 0.4) is 0 Å². The van der Waals surface area contributed by atoms with Crippen LogP contribution in [-0.2, 0) is 19.9 Å². The maximum Gasteiger partial charge on any atom is 0.250 e. The number of nitrogens with one attached hydrogen (secondary N) is 2. The number of rotatable bonds is 3. The quantitative estimate of drug-likeness (QED) is 0.626. The van der Waals surface area contributed by atoms with Crippen molar-refractivity contribution in [2.75, 3.05) is 11.9 Å². The molecule has 6 nitrogen and oxygen atoms in total. The number of hydrogen-bond donors (Lipinski definition) is 2. The fourth-order valence-corrected chi connectivity index (χ4v) is 4.82. The van der Waals surface area contributed by atoms with Crippen molar-refractivity contribution in [2.24, 2.45) is 17.8 Å². The lowest BCUT2D eigenvalue weighted by Gasteiger charge is -2.30. The number of imide groups is 1. The second kappa shape index (κ2) is 5.66. The number of hydrogen-bond acceptors (Lipinski definition) is 4. The second-order valence-electron chi connectivity index (χ2n) is 7.45. The second-order valence-corrected chi connectivity index (χ2v) is 7.88. The number of nitrogens with zero attached hydrogens (tertiary/aromatic N) is 1. The molecule has 4 atom stereocenters. The maximum atomic E-state index is 13.2. The van der Waals surface area contributed by atoms with E-state index in [9.17, 15) is 14.4 Å². The summed E-state index contributed by atoms with van der Waals surface area (Å²) in [5, 5.41) is 6.69. The highest BCUT2D eigenvalue weighted by Crippen LogP contribution is 2.54. The molecule has 0 radical (unpaired) electrons. The normalized spacial score (nSPS) is 32.4. The molecule has 1 aromatic carbocycles. The summed E-state index contributed by atoms with van der Waals surface area (Å²) < 4.78 is 0. The number of anilines is 1. The largest absolute Gasteiger partial charge is 0.324 e. The van der Waals surface area contributed by atoms with Gasteiger partial charge in [0, 0.05) is 28.9 Å².